The van der Waals surface area contributed by atoms with E-state index in [9.17, 15) is 4.79 Å². The molecule has 4 heteroatoms. The third-order valence-corrected chi connectivity index (χ3v) is 2.80. The number of carbonyl (C=O) groups is 1. The van der Waals surface area contributed by atoms with Crippen molar-refractivity contribution in [3.05, 3.63) is 34.9 Å². The van der Waals surface area contributed by atoms with E-state index in [1.54, 1.807) is 12.1 Å². The summed E-state index contributed by atoms with van der Waals surface area (Å²) in [4.78, 5) is 11.8. The Morgan fingerprint density at radius 2 is 2.00 bits per heavy atom. The van der Waals surface area contributed by atoms with Gasteiger partial charge in [0, 0.05) is 18.4 Å². The Balaban J connectivity index is 1.90. The van der Waals surface area contributed by atoms with E-state index in [0.717, 1.165) is 0 Å². The van der Waals surface area contributed by atoms with E-state index >= 15 is 0 Å². The van der Waals surface area contributed by atoms with Crippen LogP contribution in [0.4, 0.5) is 0 Å². The summed E-state index contributed by atoms with van der Waals surface area (Å²) in [7, 11) is 0. The number of Topliss-reactive ketones (excluding diaryl/α,β-unsaturated/α-hetero) is 1. The van der Waals surface area contributed by atoms with Crippen molar-refractivity contribution in [3.8, 4) is 0 Å². The summed E-state index contributed by atoms with van der Waals surface area (Å²) in [5, 5.41) is 0.501. The van der Waals surface area contributed by atoms with E-state index in [-0.39, 0.29) is 12.1 Å². The molecule has 16 heavy (non-hydrogen) atoms. The van der Waals surface area contributed by atoms with E-state index in [1.807, 2.05) is 12.1 Å². The fourth-order valence-electron chi connectivity index (χ4n) is 1.64. The zero-order valence-corrected chi connectivity index (χ0v) is 9.57. The second-order valence-corrected chi connectivity index (χ2v) is 4.02. The molecular weight excluding hydrogens is 228 g/mol. The molecule has 0 atom stereocenters. The lowest BCUT2D eigenvalue weighted by atomic mass is 10.1. The molecule has 0 unspecified atom stereocenters. The van der Waals surface area contributed by atoms with E-state index in [4.69, 9.17) is 21.1 Å². The molecule has 1 heterocycles. The Kier molecular flexibility index (Phi) is 3.93. The average molecular weight is 241 g/mol. The van der Waals surface area contributed by atoms with Gasteiger partial charge in [-0.05, 0) is 12.1 Å². The molecular formula is C12H13ClO3. The Morgan fingerprint density at radius 3 is 2.69 bits per heavy atom. The SMILES string of the molecule is O=C(CCC1OCCO1)c1ccccc1Cl. The van der Waals surface area contributed by atoms with Crippen molar-refractivity contribution in [1.29, 1.82) is 0 Å². The van der Waals surface area contributed by atoms with Crippen LogP contribution in [0.5, 0.6) is 0 Å². The third kappa shape index (κ3) is 2.82. The largest absolute Gasteiger partial charge is 0.350 e. The van der Waals surface area contributed by atoms with Gasteiger partial charge in [0.25, 0.3) is 0 Å². The quantitative estimate of drug-likeness (QED) is 0.759. The Labute approximate surface area is 99.3 Å². The van der Waals surface area contributed by atoms with Crippen LogP contribution < -0.4 is 0 Å². The van der Waals surface area contributed by atoms with Crippen LogP contribution >= 0.6 is 11.6 Å². The number of hydrogen-bond donors (Lipinski definition) is 0. The molecule has 0 spiro atoms. The van der Waals surface area contributed by atoms with Gasteiger partial charge in [-0.25, -0.2) is 0 Å². The summed E-state index contributed by atoms with van der Waals surface area (Å²) < 4.78 is 10.5. The van der Waals surface area contributed by atoms with E-state index < -0.39 is 0 Å². The van der Waals surface area contributed by atoms with Gasteiger partial charge in [0.2, 0.25) is 0 Å². The standard InChI is InChI=1S/C12H13ClO3/c13-10-4-2-1-3-9(10)11(14)5-6-12-15-7-8-16-12/h1-4,12H,5-8H2. The van der Waals surface area contributed by atoms with Crippen LogP contribution in [0.3, 0.4) is 0 Å². The summed E-state index contributed by atoms with van der Waals surface area (Å²) in [6.07, 6.45) is 0.754. The second-order valence-electron chi connectivity index (χ2n) is 3.61. The van der Waals surface area contributed by atoms with Crippen LogP contribution in [0, 0.1) is 0 Å². The average Bonchev–Trinajstić information content (AvgIpc) is 2.79. The zero-order valence-electron chi connectivity index (χ0n) is 8.82. The van der Waals surface area contributed by atoms with Gasteiger partial charge in [0.1, 0.15) is 0 Å². The van der Waals surface area contributed by atoms with Crippen molar-refractivity contribution in [2.24, 2.45) is 0 Å². The van der Waals surface area contributed by atoms with Crippen molar-refractivity contribution in [1.82, 2.24) is 0 Å². The molecule has 1 saturated heterocycles. The molecule has 1 aromatic rings. The van der Waals surface area contributed by atoms with Crippen LogP contribution in [0.2, 0.25) is 5.02 Å². The van der Waals surface area contributed by atoms with Gasteiger partial charge in [0.05, 0.1) is 18.2 Å². The Hall–Kier alpha value is -0.900. The van der Waals surface area contributed by atoms with Crippen molar-refractivity contribution in [3.63, 3.8) is 0 Å². The number of ketones is 1. The number of halogens is 1. The zero-order chi connectivity index (χ0) is 11.4. The fraction of sp³-hybridized carbons (Fsp3) is 0.417. The molecule has 0 bridgehead atoms. The first-order chi connectivity index (χ1) is 7.77. The molecule has 1 aromatic carbocycles. The van der Waals surface area contributed by atoms with Crippen LogP contribution in [0.1, 0.15) is 23.2 Å². The van der Waals surface area contributed by atoms with Crippen LogP contribution in [0.15, 0.2) is 24.3 Å². The van der Waals surface area contributed by atoms with E-state index in [1.165, 1.54) is 0 Å². The predicted molar refractivity (Wildman–Crippen MR) is 60.7 cm³/mol. The minimum absolute atomic E-state index is 0.0321. The number of carbonyl (C=O) groups excluding carboxylic acids is 1. The second kappa shape index (κ2) is 5.43. The predicted octanol–water partition coefficient (Wildman–Crippen LogP) is 2.68. The molecule has 1 aliphatic rings. The van der Waals surface area contributed by atoms with Crippen LogP contribution in [-0.2, 0) is 9.47 Å². The lowest BCUT2D eigenvalue weighted by Crippen LogP contribution is -2.10. The minimum atomic E-state index is -0.230. The summed E-state index contributed by atoms with van der Waals surface area (Å²) in [6.45, 7) is 1.23. The normalized spacial score (nSPS) is 16.6. The lowest BCUT2D eigenvalue weighted by Gasteiger charge is -2.08. The maximum absolute atomic E-state index is 11.8. The van der Waals surface area contributed by atoms with Gasteiger partial charge in [-0.1, -0.05) is 23.7 Å². The maximum atomic E-state index is 11.8. The van der Waals surface area contributed by atoms with Gasteiger partial charge >= 0.3 is 0 Å². The third-order valence-electron chi connectivity index (χ3n) is 2.47. The molecule has 0 aliphatic carbocycles. The van der Waals surface area contributed by atoms with Crippen LogP contribution in [0.25, 0.3) is 0 Å². The van der Waals surface area contributed by atoms with Crippen molar-refractivity contribution >= 4 is 17.4 Å². The summed E-state index contributed by atoms with van der Waals surface area (Å²) in [6, 6.07) is 7.07. The molecule has 0 radical (unpaired) electrons. The van der Waals surface area contributed by atoms with Gasteiger partial charge in [-0.3, -0.25) is 4.79 Å². The number of hydrogen-bond acceptors (Lipinski definition) is 3. The fourth-order valence-corrected chi connectivity index (χ4v) is 1.89. The first-order valence-corrected chi connectivity index (χ1v) is 5.66. The summed E-state index contributed by atoms with van der Waals surface area (Å²) in [5.74, 6) is 0.0321. The van der Waals surface area contributed by atoms with Gasteiger partial charge in [-0.15, -0.1) is 0 Å². The van der Waals surface area contributed by atoms with Gasteiger partial charge in [0.15, 0.2) is 12.1 Å². The van der Waals surface area contributed by atoms with Gasteiger partial charge in [-0.2, -0.15) is 0 Å². The molecule has 3 nitrogen and oxygen atoms in total. The lowest BCUT2D eigenvalue weighted by molar-refractivity contribution is -0.0464. The molecule has 0 N–H and O–H groups in total. The number of rotatable bonds is 4. The molecule has 1 aliphatic heterocycles. The smallest absolute Gasteiger partial charge is 0.164 e. The molecule has 86 valence electrons. The molecule has 2 rings (SSSR count). The van der Waals surface area contributed by atoms with Crippen molar-refractivity contribution in [2.75, 3.05) is 13.2 Å². The highest BCUT2D eigenvalue weighted by Crippen LogP contribution is 2.19. The maximum Gasteiger partial charge on any atom is 0.164 e. The van der Waals surface area contributed by atoms with Crippen molar-refractivity contribution in [2.45, 2.75) is 19.1 Å². The molecule has 0 amide bonds. The van der Waals surface area contributed by atoms with Crippen molar-refractivity contribution < 1.29 is 14.3 Å². The Morgan fingerprint density at radius 1 is 1.31 bits per heavy atom. The highest BCUT2D eigenvalue weighted by molar-refractivity contribution is 6.33. The molecule has 1 fully saturated rings. The molecule has 0 aromatic heterocycles. The Bertz CT molecular complexity index is 372. The highest BCUT2D eigenvalue weighted by atomic mass is 35.5. The first-order valence-electron chi connectivity index (χ1n) is 5.28. The minimum Gasteiger partial charge on any atom is -0.350 e. The number of ether oxygens (including phenoxy) is 2. The van der Waals surface area contributed by atoms with Gasteiger partial charge < -0.3 is 9.47 Å². The van der Waals surface area contributed by atoms with E-state index in [2.05, 4.69) is 0 Å². The molecule has 0 saturated carbocycles. The topological polar surface area (TPSA) is 35.5 Å². The van der Waals surface area contributed by atoms with E-state index in [0.29, 0.717) is 36.6 Å². The monoisotopic (exact) mass is 240 g/mol. The summed E-state index contributed by atoms with van der Waals surface area (Å²) in [5.41, 5.74) is 0.571. The summed E-state index contributed by atoms with van der Waals surface area (Å²) >= 11 is 5.93. The first kappa shape index (κ1) is 11.6. The highest BCUT2D eigenvalue weighted by Gasteiger charge is 2.18. The number of benzene rings is 1. The van der Waals surface area contributed by atoms with Crippen LogP contribution in [-0.4, -0.2) is 25.3 Å².